The number of ether oxygens (including phenoxy) is 1. The smallest absolute Gasteiger partial charge is 0.408 e. The van der Waals surface area contributed by atoms with Crippen LogP contribution in [0.15, 0.2) is 0 Å². The van der Waals surface area contributed by atoms with E-state index in [-0.39, 0.29) is 5.41 Å². The van der Waals surface area contributed by atoms with Gasteiger partial charge >= 0.3 is 12.1 Å². The highest BCUT2D eigenvalue weighted by Crippen LogP contribution is 2.43. The molecule has 0 aromatic heterocycles. The summed E-state index contributed by atoms with van der Waals surface area (Å²) in [5.74, 6) is -1.00. The summed E-state index contributed by atoms with van der Waals surface area (Å²) in [6.07, 6.45) is 1.98. The van der Waals surface area contributed by atoms with Crippen molar-refractivity contribution in [2.45, 2.75) is 58.6 Å². The van der Waals surface area contributed by atoms with Gasteiger partial charge in [0.05, 0.1) is 0 Å². The minimum absolute atomic E-state index is 0.345. The Bertz CT molecular complexity index is 315. The maximum absolute atomic E-state index is 11.6. The Morgan fingerprint density at radius 2 is 1.88 bits per heavy atom. The third-order valence-electron chi connectivity index (χ3n) is 3.10. The molecule has 1 aliphatic carbocycles. The van der Waals surface area contributed by atoms with Crippen molar-refractivity contribution in [3.63, 3.8) is 0 Å². The van der Waals surface area contributed by atoms with Gasteiger partial charge in [0.1, 0.15) is 11.6 Å². The summed E-state index contributed by atoms with van der Waals surface area (Å²) in [7, 11) is 0. The number of hydrogen-bond acceptors (Lipinski definition) is 3. The van der Waals surface area contributed by atoms with E-state index in [0.717, 1.165) is 19.3 Å². The molecule has 98 valence electrons. The Kier molecular flexibility index (Phi) is 3.69. The molecule has 0 bridgehead atoms. The molecule has 5 nitrogen and oxygen atoms in total. The van der Waals surface area contributed by atoms with Crippen molar-refractivity contribution in [1.82, 2.24) is 5.32 Å². The van der Waals surface area contributed by atoms with Crippen LogP contribution in [0.25, 0.3) is 0 Å². The van der Waals surface area contributed by atoms with Crippen LogP contribution in [0.2, 0.25) is 0 Å². The number of carboxylic acid groups (broad SMARTS) is 1. The summed E-state index contributed by atoms with van der Waals surface area (Å²) < 4.78 is 5.07. The van der Waals surface area contributed by atoms with Crippen LogP contribution in [0.5, 0.6) is 0 Å². The van der Waals surface area contributed by atoms with E-state index >= 15 is 0 Å². The molecule has 1 amide bonds. The maximum Gasteiger partial charge on any atom is 0.408 e. The fourth-order valence-corrected chi connectivity index (χ4v) is 1.98. The first-order valence-corrected chi connectivity index (χ1v) is 5.86. The molecular formula is C12H21NO4. The predicted octanol–water partition coefficient (Wildman–Crippen LogP) is 2.15. The van der Waals surface area contributed by atoms with E-state index in [2.05, 4.69) is 5.32 Å². The van der Waals surface area contributed by atoms with Gasteiger partial charge in [0, 0.05) is 0 Å². The van der Waals surface area contributed by atoms with E-state index < -0.39 is 23.7 Å². The van der Waals surface area contributed by atoms with Crippen LogP contribution in [0, 0.1) is 5.41 Å². The highest BCUT2D eigenvalue weighted by molar-refractivity contribution is 5.81. The average molecular weight is 243 g/mol. The predicted molar refractivity (Wildman–Crippen MR) is 62.8 cm³/mol. The van der Waals surface area contributed by atoms with Crippen LogP contribution in [-0.4, -0.2) is 28.8 Å². The number of amides is 1. The summed E-state index contributed by atoms with van der Waals surface area (Å²) >= 11 is 0. The molecule has 5 heteroatoms. The summed E-state index contributed by atoms with van der Waals surface area (Å²) in [6.45, 7) is 7.11. The molecule has 17 heavy (non-hydrogen) atoms. The number of carbonyl (C=O) groups excluding carboxylic acids is 1. The number of alkyl carbamates (subject to hydrolysis) is 1. The standard InChI is InChI=1S/C12H21NO4/c1-11(2,3)17-10(16)13-8(9(14)15)12(4)6-5-7-12/h8H,5-7H2,1-4H3,(H,13,16)(H,14,15). The first kappa shape index (κ1) is 13.8. The Morgan fingerprint density at radius 1 is 1.35 bits per heavy atom. The van der Waals surface area contributed by atoms with Crippen LogP contribution >= 0.6 is 0 Å². The lowest BCUT2D eigenvalue weighted by Crippen LogP contribution is -2.55. The zero-order chi connectivity index (χ0) is 13.3. The van der Waals surface area contributed by atoms with Gasteiger partial charge in [-0.1, -0.05) is 13.3 Å². The van der Waals surface area contributed by atoms with E-state index in [1.54, 1.807) is 20.8 Å². The van der Waals surface area contributed by atoms with Crippen molar-refractivity contribution >= 4 is 12.1 Å². The van der Waals surface area contributed by atoms with Gasteiger partial charge in [-0.2, -0.15) is 0 Å². The van der Waals surface area contributed by atoms with Crippen LogP contribution < -0.4 is 5.32 Å². The maximum atomic E-state index is 11.6. The lowest BCUT2D eigenvalue weighted by molar-refractivity contribution is -0.145. The Morgan fingerprint density at radius 3 is 2.18 bits per heavy atom. The van der Waals surface area contributed by atoms with Gasteiger partial charge in [0.15, 0.2) is 0 Å². The van der Waals surface area contributed by atoms with E-state index in [4.69, 9.17) is 9.84 Å². The Hall–Kier alpha value is -1.26. The van der Waals surface area contributed by atoms with Crippen LogP contribution in [0.3, 0.4) is 0 Å². The fraction of sp³-hybridized carbons (Fsp3) is 0.833. The third-order valence-corrected chi connectivity index (χ3v) is 3.10. The van der Waals surface area contributed by atoms with Crippen molar-refractivity contribution in [2.24, 2.45) is 5.41 Å². The highest BCUT2D eigenvalue weighted by atomic mass is 16.6. The highest BCUT2D eigenvalue weighted by Gasteiger charge is 2.45. The molecule has 1 fully saturated rings. The van der Waals surface area contributed by atoms with Crippen molar-refractivity contribution < 1.29 is 19.4 Å². The molecule has 0 radical (unpaired) electrons. The number of nitrogens with one attached hydrogen (secondary N) is 1. The molecule has 0 aliphatic heterocycles. The van der Waals surface area contributed by atoms with E-state index in [1.807, 2.05) is 6.92 Å². The number of aliphatic carboxylic acids is 1. The molecule has 2 N–H and O–H groups in total. The van der Waals surface area contributed by atoms with Crippen molar-refractivity contribution in [3.05, 3.63) is 0 Å². The Labute approximate surface area is 102 Å². The van der Waals surface area contributed by atoms with Crippen LogP contribution in [0.4, 0.5) is 4.79 Å². The molecular weight excluding hydrogens is 222 g/mol. The van der Waals surface area contributed by atoms with Crippen molar-refractivity contribution in [1.29, 1.82) is 0 Å². The second-order valence-corrected chi connectivity index (χ2v) is 5.93. The van der Waals surface area contributed by atoms with Gasteiger partial charge in [0.25, 0.3) is 0 Å². The SMILES string of the molecule is CC(C)(C)OC(=O)NC(C(=O)O)C1(C)CCC1. The first-order valence-electron chi connectivity index (χ1n) is 5.86. The summed E-state index contributed by atoms with van der Waals surface area (Å²) in [4.78, 5) is 22.7. The minimum atomic E-state index is -1.00. The van der Waals surface area contributed by atoms with Gasteiger partial charge < -0.3 is 15.2 Å². The number of carbonyl (C=O) groups is 2. The third kappa shape index (κ3) is 3.61. The normalized spacial score (nSPS) is 20.0. The minimum Gasteiger partial charge on any atom is -0.480 e. The zero-order valence-electron chi connectivity index (χ0n) is 10.9. The number of rotatable bonds is 3. The van der Waals surface area contributed by atoms with Gasteiger partial charge in [-0.05, 0) is 39.0 Å². The summed E-state index contributed by atoms with van der Waals surface area (Å²) in [6, 6.07) is -0.869. The van der Waals surface area contributed by atoms with Crippen LogP contribution in [0.1, 0.15) is 47.0 Å². The second-order valence-electron chi connectivity index (χ2n) is 5.93. The topological polar surface area (TPSA) is 75.6 Å². The molecule has 0 aromatic rings. The molecule has 0 heterocycles. The number of hydrogen-bond donors (Lipinski definition) is 2. The van der Waals surface area contributed by atoms with E-state index in [1.165, 1.54) is 0 Å². The Balaban J connectivity index is 2.62. The lowest BCUT2D eigenvalue weighted by Gasteiger charge is -2.43. The van der Waals surface area contributed by atoms with Crippen molar-refractivity contribution in [3.8, 4) is 0 Å². The van der Waals surface area contributed by atoms with Gasteiger partial charge in [-0.15, -0.1) is 0 Å². The molecule has 0 saturated heterocycles. The molecule has 1 atom stereocenters. The largest absolute Gasteiger partial charge is 0.480 e. The van der Waals surface area contributed by atoms with Gasteiger partial charge in [-0.3, -0.25) is 0 Å². The molecule has 1 saturated carbocycles. The fourth-order valence-electron chi connectivity index (χ4n) is 1.98. The molecule has 1 aliphatic rings. The molecule has 0 spiro atoms. The van der Waals surface area contributed by atoms with E-state index in [9.17, 15) is 9.59 Å². The van der Waals surface area contributed by atoms with Gasteiger partial charge in [0.2, 0.25) is 0 Å². The summed E-state index contributed by atoms with van der Waals surface area (Å²) in [5, 5.41) is 11.6. The van der Waals surface area contributed by atoms with Crippen LogP contribution in [-0.2, 0) is 9.53 Å². The second kappa shape index (κ2) is 4.55. The first-order chi connectivity index (χ1) is 7.64. The average Bonchev–Trinajstić information content (AvgIpc) is 2.07. The summed E-state index contributed by atoms with van der Waals surface area (Å²) in [5.41, 5.74) is -0.962. The number of carboxylic acids is 1. The van der Waals surface area contributed by atoms with Crippen molar-refractivity contribution in [2.75, 3.05) is 0 Å². The lowest BCUT2D eigenvalue weighted by atomic mass is 9.65. The van der Waals surface area contributed by atoms with Gasteiger partial charge in [-0.25, -0.2) is 9.59 Å². The quantitative estimate of drug-likeness (QED) is 0.796. The monoisotopic (exact) mass is 243 g/mol. The molecule has 1 unspecified atom stereocenters. The van der Waals surface area contributed by atoms with E-state index in [0.29, 0.717) is 0 Å². The molecule has 0 aromatic carbocycles. The molecule has 1 rings (SSSR count). The zero-order valence-corrected chi connectivity index (χ0v) is 10.9.